The van der Waals surface area contributed by atoms with Gasteiger partial charge in [0.1, 0.15) is 18.2 Å². The number of hydrogen-bond acceptors (Lipinski definition) is 4. The smallest absolute Gasteiger partial charge is 0.162 e. The summed E-state index contributed by atoms with van der Waals surface area (Å²) in [6, 6.07) is 8.70. The van der Waals surface area contributed by atoms with E-state index >= 15 is 0 Å². The van der Waals surface area contributed by atoms with Crippen LogP contribution in [0.15, 0.2) is 48.9 Å². The van der Waals surface area contributed by atoms with Crippen molar-refractivity contribution in [1.29, 1.82) is 0 Å². The minimum Gasteiger partial charge on any atom is -0.346 e. The van der Waals surface area contributed by atoms with Gasteiger partial charge < -0.3 is 4.90 Å². The minimum atomic E-state index is 0.0154. The summed E-state index contributed by atoms with van der Waals surface area (Å²) in [4.78, 5) is 13.3. The van der Waals surface area contributed by atoms with E-state index in [9.17, 15) is 0 Å². The number of aromatic nitrogens is 2. The van der Waals surface area contributed by atoms with Crippen LogP contribution in [0.1, 0.15) is 32.3 Å². The molecule has 2 aliphatic rings. The van der Waals surface area contributed by atoms with Crippen LogP contribution in [0.25, 0.3) is 0 Å². The van der Waals surface area contributed by atoms with Crippen LogP contribution in [0, 0.1) is 0 Å². The molecule has 1 aromatic carbocycles. The average molecular weight is 306 g/mol. The molecular formula is C19H22N4. The lowest BCUT2D eigenvalue weighted by molar-refractivity contribution is 0.423. The SMILES string of the molecule is C=C1C2N(C)c3cncnc3N2c2ccccc2C1(CC)CC. The highest BCUT2D eigenvalue weighted by molar-refractivity contribution is 5.85. The summed E-state index contributed by atoms with van der Waals surface area (Å²) < 4.78 is 0. The van der Waals surface area contributed by atoms with Crippen molar-refractivity contribution >= 4 is 17.2 Å². The van der Waals surface area contributed by atoms with E-state index in [0.717, 1.165) is 24.3 Å². The molecule has 0 aliphatic carbocycles. The summed E-state index contributed by atoms with van der Waals surface area (Å²) in [6.45, 7) is 9.09. The Morgan fingerprint density at radius 2 is 1.91 bits per heavy atom. The normalized spacial score (nSPS) is 21.0. The van der Waals surface area contributed by atoms with Gasteiger partial charge in [-0.05, 0) is 30.0 Å². The zero-order valence-electron chi connectivity index (χ0n) is 14.0. The van der Waals surface area contributed by atoms with Crippen LogP contribution in [-0.4, -0.2) is 23.2 Å². The molecule has 0 fully saturated rings. The number of nitrogens with zero attached hydrogens (tertiary/aromatic N) is 4. The number of likely N-dealkylation sites (N-methyl/N-ethyl adjacent to an activating group) is 1. The third kappa shape index (κ3) is 1.61. The zero-order valence-corrected chi connectivity index (χ0v) is 14.0. The first-order valence-electron chi connectivity index (χ1n) is 8.26. The number of benzene rings is 1. The Bertz CT molecular complexity index is 778. The van der Waals surface area contributed by atoms with E-state index in [0.29, 0.717) is 0 Å². The standard InChI is InChI=1S/C19H22N4/c1-5-19(6-2)13(3)18-22(4)16-11-20-12-21-17(16)23(18)15-10-8-7-9-14(15)19/h7-12,18H,3,5-6H2,1-2,4H3. The van der Waals surface area contributed by atoms with Crippen molar-refractivity contribution in [3.63, 3.8) is 0 Å². The molecule has 4 nitrogen and oxygen atoms in total. The van der Waals surface area contributed by atoms with Crippen molar-refractivity contribution in [1.82, 2.24) is 9.97 Å². The van der Waals surface area contributed by atoms with E-state index in [1.165, 1.54) is 16.8 Å². The maximum absolute atomic E-state index is 4.56. The molecule has 4 heteroatoms. The molecule has 0 N–H and O–H groups in total. The summed E-state index contributed by atoms with van der Waals surface area (Å²) in [5.74, 6) is 0.974. The van der Waals surface area contributed by atoms with E-state index < -0.39 is 0 Å². The third-order valence-electron chi connectivity index (χ3n) is 5.70. The Morgan fingerprint density at radius 1 is 1.17 bits per heavy atom. The Balaban J connectivity index is 2.03. The summed E-state index contributed by atoms with van der Waals surface area (Å²) in [7, 11) is 2.11. The first-order valence-corrected chi connectivity index (χ1v) is 8.26. The molecule has 0 radical (unpaired) electrons. The average Bonchev–Trinajstić information content (AvgIpc) is 2.90. The molecule has 0 bridgehead atoms. The van der Waals surface area contributed by atoms with E-state index in [1.807, 2.05) is 6.20 Å². The van der Waals surface area contributed by atoms with Gasteiger partial charge in [0, 0.05) is 18.2 Å². The van der Waals surface area contributed by atoms with E-state index in [-0.39, 0.29) is 11.6 Å². The van der Waals surface area contributed by atoms with Gasteiger partial charge in [-0.15, -0.1) is 0 Å². The second-order valence-electron chi connectivity index (χ2n) is 6.42. The van der Waals surface area contributed by atoms with Crippen LogP contribution in [0.2, 0.25) is 0 Å². The summed E-state index contributed by atoms with van der Waals surface area (Å²) in [5.41, 5.74) is 4.95. The van der Waals surface area contributed by atoms with Gasteiger partial charge in [0.2, 0.25) is 0 Å². The molecule has 1 aromatic heterocycles. The number of fused-ring (bicyclic) bond motifs is 5. The van der Waals surface area contributed by atoms with Gasteiger partial charge in [0.05, 0.1) is 6.20 Å². The fourth-order valence-electron chi connectivity index (χ4n) is 4.40. The molecule has 23 heavy (non-hydrogen) atoms. The second kappa shape index (κ2) is 4.82. The second-order valence-corrected chi connectivity index (χ2v) is 6.42. The van der Waals surface area contributed by atoms with Crippen molar-refractivity contribution < 1.29 is 0 Å². The van der Waals surface area contributed by atoms with Crippen molar-refractivity contribution in [2.45, 2.75) is 38.3 Å². The lowest BCUT2D eigenvalue weighted by Crippen LogP contribution is -2.51. The highest BCUT2D eigenvalue weighted by atomic mass is 15.4. The van der Waals surface area contributed by atoms with Crippen molar-refractivity contribution in [3.8, 4) is 0 Å². The highest BCUT2D eigenvalue weighted by Gasteiger charge is 2.50. The van der Waals surface area contributed by atoms with Crippen LogP contribution in [0.3, 0.4) is 0 Å². The van der Waals surface area contributed by atoms with Gasteiger partial charge in [-0.3, -0.25) is 4.90 Å². The van der Waals surface area contributed by atoms with Crippen LogP contribution >= 0.6 is 0 Å². The van der Waals surface area contributed by atoms with Gasteiger partial charge in [-0.1, -0.05) is 38.6 Å². The Labute approximate surface area is 137 Å². The third-order valence-corrected chi connectivity index (χ3v) is 5.70. The molecule has 0 spiro atoms. The largest absolute Gasteiger partial charge is 0.346 e. The topological polar surface area (TPSA) is 32.3 Å². The Kier molecular flexibility index (Phi) is 2.98. The Morgan fingerprint density at radius 3 is 2.65 bits per heavy atom. The lowest BCUT2D eigenvalue weighted by Gasteiger charge is -2.48. The fraction of sp³-hybridized carbons (Fsp3) is 0.368. The van der Waals surface area contributed by atoms with Crippen molar-refractivity contribution in [3.05, 3.63) is 54.5 Å². The van der Waals surface area contributed by atoms with Crippen LogP contribution in [-0.2, 0) is 5.41 Å². The van der Waals surface area contributed by atoms with Crippen molar-refractivity contribution in [2.75, 3.05) is 16.8 Å². The maximum Gasteiger partial charge on any atom is 0.162 e. The molecule has 118 valence electrons. The summed E-state index contributed by atoms with van der Waals surface area (Å²) in [5, 5.41) is 0. The number of rotatable bonds is 2. The van der Waals surface area contributed by atoms with E-state index in [4.69, 9.17) is 0 Å². The van der Waals surface area contributed by atoms with Gasteiger partial charge in [-0.25, -0.2) is 9.97 Å². The van der Waals surface area contributed by atoms with Gasteiger partial charge >= 0.3 is 0 Å². The highest BCUT2D eigenvalue weighted by Crippen LogP contribution is 2.56. The van der Waals surface area contributed by atoms with E-state index in [2.05, 4.69) is 71.5 Å². The predicted octanol–water partition coefficient (Wildman–Crippen LogP) is 4.02. The molecular weight excluding hydrogens is 284 g/mol. The molecule has 1 unspecified atom stereocenters. The van der Waals surface area contributed by atoms with Crippen molar-refractivity contribution in [2.24, 2.45) is 0 Å². The molecule has 3 heterocycles. The van der Waals surface area contributed by atoms with Crippen LogP contribution in [0.5, 0.6) is 0 Å². The first kappa shape index (κ1) is 14.2. The van der Waals surface area contributed by atoms with Crippen LogP contribution in [0.4, 0.5) is 17.2 Å². The maximum atomic E-state index is 4.56. The molecule has 4 rings (SSSR count). The first-order chi connectivity index (χ1) is 11.2. The molecule has 0 amide bonds. The monoisotopic (exact) mass is 306 g/mol. The fourth-order valence-corrected chi connectivity index (χ4v) is 4.40. The Hall–Kier alpha value is -2.36. The van der Waals surface area contributed by atoms with Gasteiger partial charge in [0.15, 0.2) is 5.82 Å². The molecule has 1 atom stereocenters. The summed E-state index contributed by atoms with van der Waals surface area (Å²) >= 11 is 0. The summed E-state index contributed by atoms with van der Waals surface area (Å²) in [6.07, 6.45) is 5.74. The number of anilines is 3. The quantitative estimate of drug-likeness (QED) is 0.785. The number of hydrogen-bond donors (Lipinski definition) is 0. The van der Waals surface area contributed by atoms with Gasteiger partial charge in [0.25, 0.3) is 0 Å². The minimum absolute atomic E-state index is 0.0154. The zero-order chi connectivity index (χ0) is 16.2. The molecule has 0 saturated heterocycles. The van der Waals surface area contributed by atoms with Crippen LogP contribution < -0.4 is 9.80 Å². The predicted molar refractivity (Wildman–Crippen MR) is 94.2 cm³/mol. The van der Waals surface area contributed by atoms with E-state index in [1.54, 1.807) is 6.33 Å². The number of para-hydroxylation sites is 1. The van der Waals surface area contributed by atoms with Gasteiger partial charge in [-0.2, -0.15) is 0 Å². The lowest BCUT2D eigenvalue weighted by atomic mass is 9.66. The molecule has 2 aromatic rings. The molecule has 0 saturated carbocycles. The molecule has 2 aliphatic heterocycles.